The molecule has 1 atom stereocenters. The van der Waals surface area contributed by atoms with E-state index in [1.54, 1.807) is 23.5 Å². The summed E-state index contributed by atoms with van der Waals surface area (Å²) in [5, 5.41) is 14.6. The van der Waals surface area contributed by atoms with Gasteiger partial charge >= 0.3 is 0 Å². The topological polar surface area (TPSA) is 61.8 Å². The number of rotatable bonds is 4. The Morgan fingerprint density at radius 3 is 2.80 bits per heavy atom. The minimum Gasteiger partial charge on any atom is -0.409 e. The van der Waals surface area contributed by atoms with Crippen molar-refractivity contribution in [2.45, 2.75) is 13.0 Å². The van der Waals surface area contributed by atoms with E-state index in [1.807, 2.05) is 24.6 Å². The molecule has 6 heteroatoms. The fraction of sp³-hybridized carbons (Fsp3) is 0.214. The number of amidine groups is 1. The van der Waals surface area contributed by atoms with Crippen LogP contribution in [-0.2, 0) is 0 Å². The lowest BCUT2D eigenvalue weighted by Gasteiger charge is -2.28. The number of halogens is 1. The number of thiophene rings is 1. The molecule has 2 aromatic rings. The molecule has 1 unspecified atom stereocenters. The summed E-state index contributed by atoms with van der Waals surface area (Å²) in [6.45, 7) is 2.10. The first-order chi connectivity index (χ1) is 9.54. The van der Waals surface area contributed by atoms with Gasteiger partial charge in [-0.25, -0.2) is 0 Å². The quantitative estimate of drug-likeness (QED) is 0.392. The van der Waals surface area contributed by atoms with Gasteiger partial charge in [0.15, 0.2) is 5.84 Å². The summed E-state index contributed by atoms with van der Waals surface area (Å²) in [6.07, 6.45) is 0. The van der Waals surface area contributed by atoms with Crippen LogP contribution in [0.25, 0.3) is 0 Å². The fourth-order valence-electron chi connectivity index (χ4n) is 2.00. The third-order valence-electron chi connectivity index (χ3n) is 3.26. The maximum absolute atomic E-state index is 8.90. The summed E-state index contributed by atoms with van der Waals surface area (Å²) >= 11 is 7.76. The molecule has 0 saturated heterocycles. The van der Waals surface area contributed by atoms with Crippen molar-refractivity contribution in [3.05, 3.63) is 51.2 Å². The first kappa shape index (κ1) is 14.7. The highest BCUT2D eigenvalue weighted by Crippen LogP contribution is 2.32. The molecule has 0 aliphatic rings. The smallest absolute Gasteiger partial charge is 0.172 e. The minimum absolute atomic E-state index is 0.0712. The Hall–Kier alpha value is -1.72. The van der Waals surface area contributed by atoms with Crippen LogP contribution in [0.4, 0.5) is 5.69 Å². The van der Waals surface area contributed by atoms with Crippen LogP contribution >= 0.6 is 22.9 Å². The standard InChI is InChI=1S/C14H16ClN3OS/c1-9(13-4-3-7-20-13)18(2)12-8-10(15)5-6-11(12)14(16)17-19/h3-9,19H,1-2H3,(H2,16,17). The van der Waals surface area contributed by atoms with Crippen LogP contribution in [0.2, 0.25) is 5.02 Å². The molecule has 0 aliphatic carbocycles. The number of nitrogens with two attached hydrogens (primary N) is 1. The van der Waals surface area contributed by atoms with E-state index in [9.17, 15) is 0 Å². The average Bonchev–Trinajstić information content (AvgIpc) is 2.99. The summed E-state index contributed by atoms with van der Waals surface area (Å²) in [5.41, 5.74) is 7.22. The van der Waals surface area contributed by atoms with E-state index < -0.39 is 0 Å². The zero-order chi connectivity index (χ0) is 14.7. The van der Waals surface area contributed by atoms with Crippen molar-refractivity contribution in [3.8, 4) is 0 Å². The van der Waals surface area contributed by atoms with Crippen LogP contribution < -0.4 is 10.6 Å². The Morgan fingerprint density at radius 1 is 1.45 bits per heavy atom. The molecule has 3 N–H and O–H groups in total. The lowest BCUT2D eigenvalue weighted by atomic mass is 10.1. The lowest BCUT2D eigenvalue weighted by Crippen LogP contribution is -2.25. The zero-order valence-corrected chi connectivity index (χ0v) is 12.8. The van der Waals surface area contributed by atoms with E-state index in [4.69, 9.17) is 22.5 Å². The molecule has 1 aromatic carbocycles. The highest BCUT2D eigenvalue weighted by molar-refractivity contribution is 7.10. The molecular weight excluding hydrogens is 294 g/mol. The number of anilines is 1. The van der Waals surface area contributed by atoms with Gasteiger partial charge in [0.1, 0.15) is 0 Å². The zero-order valence-electron chi connectivity index (χ0n) is 11.2. The number of hydrogen-bond acceptors (Lipinski definition) is 4. The van der Waals surface area contributed by atoms with Crippen LogP contribution in [0.5, 0.6) is 0 Å². The van der Waals surface area contributed by atoms with Crippen molar-refractivity contribution in [1.82, 2.24) is 0 Å². The van der Waals surface area contributed by atoms with Gasteiger partial charge in [-0.2, -0.15) is 0 Å². The van der Waals surface area contributed by atoms with E-state index in [1.165, 1.54) is 4.88 Å². The molecule has 1 aromatic heterocycles. The molecule has 0 radical (unpaired) electrons. The van der Waals surface area contributed by atoms with Crippen LogP contribution in [0.15, 0.2) is 40.9 Å². The van der Waals surface area contributed by atoms with Gasteiger partial charge < -0.3 is 15.8 Å². The van der Waals surface area contributed by atoms with Gasteiger partial charge in [-0.1, -0.05) is 22.8 Å². The molecule has 0 saturated carbocycles. The number of benzene rings is 1. The molecule has 4 nitrogen and oxygen atoms in total. The molecule has 106 valence electrons. The second kappa shape index (κ2) is 6.15. The Bertz CT molecular complexity index is 613. The molecule has 0 amide bonds. The SMILES string of the molecule is CC(c1cccs1)N(C)c1cc(Cl)ccc1C(N)=NO. The van der Waals surface area contributed by atoms with E-state index in [0.29, 0.717) is 10.6 Å². The Kier molecular flexibility index (Phi) is 4.52. The molecule has 0 fully saturated rings. The van der Waals surface area contributed by atoms with Crippen molar-refractivity contribution in [1.29, 1.82) is 0 Å². The molecular formula is C14H16ClN3OS. The molecule has 2 rings (SSSR count). The maximum Gasteiger partial charge on any atom is 0.172 e. The van der Waals surface area contributed by atoms with Crippen LogP contribution in [0.1, 0.15) is 23.4 Å². The Labute approximate surface area is 127 Å². The van der Waals surface area contributed by atoms with Crippen molar-refractivity contribution in [2.75, 3.05) is 11.9 Å². The largest absolute Gasteiger partial charge is 0.409 e. The molecule has 0 spiro atoms. The summed E-state index contributed by atoms with van der Waals surface area (Å²) in [4.78, 5) is 3.29. The predicted octanol–water partition coefficient (Wildman–Crippen LogP) is 3.69. The normalized spacial score (nSPS) is 13.2. The summed E-state index contributed by atoms with van der Waals surface area (Å²) in [5.74, 6) is 0.0712. The monoisotopic (exact) mass is 309 g/mol. The average molecular weight is 310 g/mol. The lowest BCUT2D eigenvalue weighted by molar-refractivity contribution is 0.318. The third kappa shape index (κ3) is 2.89. The Morgan fingerprint density at radius 2 is 2.20 bits per heavy atom. The maximum atomic E-state index is 8.90. The second-order valence-corrected chi connectivity index (χ2v) is 5.86. The highest BCUT2D eigenvalue weighted by atomic mass is 35.5. The van der Waals surface area contributed by atoms with Crippen molar-refractivity contribution >= 4 is 34.5 Å². The van der Waals surface area contributed by atoms with E-state index in [2.05, 4.69) is 23.0 Å². The van der Waals surface area contributed by atoms with E-state index in [-0.39, 0.29) is 11.9 Å². The molecule has 1 heterocycles. The summed E-state index contributed by atoms with van der Waals surface area (Å²) in [7, 11) is 1.96. The van der Waals surface area contributed by atoms with Gasteiger partial charge in [-0.15, -0.1) is 11.3 Å². The molecule has 0 bridgehead atoms. The van der Waals surface area contributed by atoms with Gasteiger partial charge in [0, 0.05) is 28.2 Å². The Balaban J connectivity index is 2.43. The summed E-state index contributed by atoms with van der Waals surface area (Å²) in [6, 6.07) is 9.57. The number of nitrogens with zero attached hydrogens (tertiary/aromatic N) is 2. The van der Waals surface area contributed by atoms with Gasteiger partial charge in [-0.3, -0.25) is 0 Å². The third-order valence-corrected chi connectivity index (χ3v) is 4.54. The summed E-state index contributed by atoms with van der Waals surface area (Å²) < 4.78 is 0. The van der Waals surface area contributed by atoms with Crippen LogP contribution in [0.3, 0.4) is 0 Å². The number of oxime groups is 1. The van der Waals surface area contributed by atoms with Crippen LogP contribution in [0, 0.1) is 0 Å². The van der Waals surface area contributed by atoms with Crippen molar-refractivity contribution in [2.24, 2.45) is 10.9 Å². The first-order valence-electron chi connectivity index (χ1n) is 6.08. The predicted molar refractivity (Wildman–Crippen MR) is 85.1 cm³/mol. The number of hydrogen-bond donors (Lipinski definition) is 2. The van der Waals surface area contributed by atoms with Crippen molar-refractivity contribution in [3.63, 3.8) is 0 Å². The minimum atomic E-state index is 0.0712. The van der Waals surface area contributed by atoms with Gasteiger partial charge in [0.25, 0.3) is 0 Å². The van der Waals surface area contributed by atoms with Gasteiger partial charge in [0.2, 0.25) is 0 Å². The molecule has 0 aliphatic heterocycles. The van der Waals surface area contributed by atoms with Gasteiger partial charge in [0.05, 0.1) is 6.04 Å². The van der Waals surface area contributed by atoms with Crippen LogP contribution in [-0.4, -0.2) is 18.1 Å². The second-order valence-electron chi connectivity index (χ2n) is 4.45. The molecule has 20 heavy (non-hydrogen) atoms. The van der Waals surface area contributed by atoms with Crippen molar-refractivity contribution < 1.29 is 5.21 Å². The van der Waals surface area contributed by atoms with E-state index in [0.717, 1.165) is 5.69 Å². The first-order valence-corrected chi connectivity index (χ1v) is 7.34. The van der Waals surface area contributed by atoms with E-state index >= 15 is 0 Å². The highest BCUT2D eigenvalue weighted by Gasteiger charge is 2.18. The van der Waals surface area contributed by atoms with Gasteiger partial charge in [-0.05, 0) is 36.6 Å². The fourth-order valence-corrected chi connectivity index (χ4v) is 2.99.